The zero-order valence-electron chi connectivity index (χ0n) is 11.9. The highest BCUT2D eigenvalue weighted by atomic mass is 16.2. The first-order valence-corrected chi connectivity index (χ1v) is 6.39. The summed E-state index contributed by atoms with van der Waals surface area (Å²) in [4.78, 5) is 11.9. The van der Waals surface area contributed by atoms with Crippen molar-refractivity contribution in [1.82, 2.24) is 15.1 Å². The van der Waals surface area contributed by atoms with Crippen molar-refractivity contribution >= 4 is 5.91 Å². The minimum absolute atomic E-state index is 0.00892. The SMILES string of the molecule is Cc1nn(CC(=O)NC(C)C(C)C)c(C)c1CN. The fourth-order valence-electron chi connectivity index (χ4n) is 1.79. The summed E-state index contributed by atoms with van der Waals surface area (Å²) in [5, 5.41) is 7.32. The third kappa shape index (κ3) is 3.32. The normalized spacial score (nSPS) is 12.8. The van der Waals surface area contributed by atoms with E-state index in [1.807, 2.05) is 20.8 Å². The Labute approximate surface area is 109 Å². The molecule has 1 unspecified atom stereocenters. The van der Waals surface area contributed by atoms with Crippen LogP contribution in [0.15, 0.2) is 0 Å². The molecule has 0 fully saturated rings. The summed E-state index contributed by atoms with van der Waals surface area (Å²) in [5.41, 5.74) is 8.57. The second-order valence-corrected chi connectivity index (χ2v) is 5.11. The molecule has 1 aromatic heterocycles. The van der Waals surface area contributed by atoms with Gasteiger partial charge in [0.15, 0.2) is 0 Å². The lowest BCUT2D eigenvalue weighted by atomic mass is 10.1. The minimum Gasteiger partial charge on any atom is -0.352 e. The van der Waals surface area contributed by atoms with Gasteiger partial charge in [-0.2, -0.15) is 5.10 Å². The Morgan fingerprint density at radius 3 is 2.44 bits per heavy atom. The average molecular weight is 252 g/mol. The van der Waals surface area contributed by atoms with Crippen molar-refractivity contribution in [2.45, 2.75) is 53.8 Å². The Bertz CT molecular complexity index is 423. The molecule has 102 valence electrons. The number of hydrogen-bond acceptors (Lipinski definition) is 3. The van der Waals surface area contributed by atoms with Crippen molar-refractivity contribution < 1.29 is 4.79 Å². The summed E-state index contributed by atoms with van der Waals surface area (Å²) >= 11 is 0. The molecule has 1 rings (SSSR count). The molecule has 1 amide bonds. The topological polar surface area (TPSA) is 72.9 Å². The number of hydrogen-bond donors (Lipinski definition) is 2. The molecule has 0 spiro atoms. The molecule has 1 aromatic rings. The van der Waals surface area contributed by atoms with Crippen molar-refractivity contribution in [3.63, 3.8) is 0 Å². The zero-order valence-corrected chi connectivity index (χ0v) is 11.9. The molecule has 1 heterocycles. The van der Waals surface area contributed by atoms with Crippen molar-refractivity contribution in [3.8, 4) is 0 Å². The molecule has 0 bridgehead atoms. The minimum atomic E-state index is -0.00892. The van der Waals surface area contributed by atoms with Crippen LogP contribution in [0.1, 0.15) is 37.7 Å². The van der Waals surface area contributed by atoms with Crippen LogP contribution < -0.4 is 11.1 Å². The molecule has 0 radical (unpaired) electrons. The van der Waals surface area contributed by atoms with E-state index in [0.717, 1.165) is 17.0 Å². The Kier molecular flexibility index (Phi) is 4.90. The van der Waals surface area contributed by atoms with E-state index < -0.39 is 0 Å². The lowest BCUT2D eigenvalue weighted by Crippen LogP contribution is -2.38. The number of carbonyl (C=O) groups excluding carboxylic acids is 1. The summed E-state index contributed by atoms with van der Waals surface area (Å²) in [7, 11) is 0. The molecule has 0 aromatic carbocycles. The molecular weight excluding hydrogens is 228 g/mol. The first kappa shape index (κ1) is 14.7. The van der Waals surface area contributed by atoms with E-state index in [-0.39, 0.29) is 18.5 Å². The van der Waals surface area contributed by atoms with Crippen LogP contribution in [0.5, 0.6) is 0 Å². The molecule has 5 nitrogen and oxygen atoms in total. The highest BCUT2D eigenvalue weighted by Gasteiger charge is 2.15. The Morgan fingerprint density at radius 2 is 2.00 bits per heavy atom. The maximum atomic E-state index is 11.9. The predicted octanol–water partition coefficient (Wildman–Crippen LogP) is 1.12. The van der Waals surface area contributed by atoms with Gasteiger partial charge < -0.3 is 11.1 Å². The van der Waals surface area contributed by atoms with E-state index in [4.69, 9.17) is 5.73 Å². The van der Waals surface area contributed by atoms with Crippen LogP contribution in [0.3, 0.4) is 0 Å². The summed E-state index contributed by atoms with van der Waals surface area (Å²) in [5.74, 6) is 0.416. The van der Waals surface area contributed by atoms with Gasteiger partial charge in [-0.3, -0.25) is 9.48 Å². The highest BCUT2D eigenvalue weighted by molar-refractivity contribution is 5.76. The second kappa shape index (κ2) is 6.00. The van der Waals surface area contributed by atoms with Gasteiger partial charge in [-0.05, 0) is 26.7 Å². The van der Waals surface area contributed by atoms with Crippen molar-refractivity contribution in [2.75, 3.05) is 0 Å². The van der Waals surface area contributed by atoms with Gasteiger partial charge in [0.1, 0.15) is 6.54 Å². The number of aromatic nitrogens is 2. The fraction of sp³-hybridized carbons (Fsp3) is 0.692. The van der Waals surface area contributed by atoms with Gasteiger partial charge in [0.25, 0.3) is 0 Å². The molecule has 18 heavy (non-hydrogen) atoms. The maximum absolute atomic E-state index is 11.9. The summed E-state index contributed by atoms with van der Waals surface area (Å²) in [6.07, 6.45) is 0. The summed E-state index contributed by atoms with van der Waals surface area (Å²) < 4.78 is 1.72. The Morgan fingerprint density at radius 1 is 1.39 bits per heavy atom. The first-order chi connectivity index (χ1) is 8.36. The lowest BCUT2D eigenvalue weighted by molar-refractivity contribution is -0.122. The fourth-order valence-corrected chi connectivity index (χ4v) is 1.79. The monoisotopic (exact) mass is 252 g/mol. The predicted molar refractivity (Wildman–Crippen MR) is 72.0 cm³/mol. The largest absolute Gasteiger partial charge is 0.352 e. The van der Waals surface area contributed by atoms with E-state index in [0.29, 0.717) is 12.5 Å². The molecule has 0 aliphatic rings. The number of amides is 1. The number of rotatable bonds is 5. The van der Waals surface area contributed by atoms with E-state index in [2.05, 4.69) is 24.3 Å². The molecule has 0 aliphatic carbocycles. The summed E-state index contributed by atoms with van der Waals surface area (Å²) in [6, 6.07) is 0.170. The van der Waals surface area contributed by atoms with Gasteiger partial charge in [0.05, 0.1) is 5.69 Å². The van der Waals surface area contributed by atoms with Gasteiger partial charge in [-0.25, -0.2) is 0 Å². The van der Waals surface area contributed by atoms with E-state index in [9.17, 15) is 4.79 Å². The molecule has 0 saturated heterocycles. The van der Waals surface area contributed by atoms with E-state index in [1.54, 1.807) is 4.68 Å². The summed E-state index contributed by atoms with van der Waals surface area (Å²) in [6.45, 7) is 10.8. The molecular formula is C13H24N4O. The van der Waals surface area contributed by atoms with Gasteiger partial charge in [0.2, 0.25) is 5.91 Å². The number of aryl methyl sites for hydroxylation is 1. The third-order valence-electron chi connectivity index (χ3n) is 3.42. The van der Waals surface area contributed by atoms with Crippen LogP contribution >= 0.6 is 0 Å². The van der Waals surface area contributed by atoms with Crippen LogP contribution in [-0.4, -0.2) is 21.7 Å². The zero-order chi connectivity index (χ0) is 13.9. The van der Waals surface area contributed by atoms with Gasteiger partial charge >= 0.3 is 0 Å². The maximum Gasteiger partial charge on any atom is 0.241 e. The van der Waals surface area contributed by atoms with Crippen molar-refractivity contribution in [1.29, 1.82) is 0 Å². The van der Waals surface area contributed by atoms with Crippen LogP contribution in [0.2, 0.25) is 0 Å². The molecule has 0 aliphatic heterocycles. The van der Waals surface area contributed by atoms with Gasteiger partial charge in [0, 0.05) is 23.8 Å². The van der Waals surface area contributed by atoms with Gasteiger partial charge in [-0.15, -0.1) is 0 Å². The number of nitrogens with one attached hydrogen (secondary N) is 1. The Balaban J connectivity index is 2.71. The van der Waals surface area contributed by atoms with E-state index >= 15 is 0 Å². The standard InChI is InChI=1S/C13H24N4O/c1-8(2)9(3)15-13(18)7-17-11(5)12(6-14)10(4)16-17/h8-9H,6-7,14H2,1-5H3,(H,15,18). The molecule has 5 heteroatoms. The molecule has 1 atom stereocenters. The van der Waals surface area contributed by atoms with Crippen LogP contribution in [-0.2, 0) is 17.9 Å². The van der Waals surface area contributed by atoms with Crippen LogP contribution in [0, 0.1) is 19.8 Å². The van der Waals surface area contributed by atoms with Crippen LogP contribution in [0.25, 0.3) is 0 Å². The average Bonchev–Trinajstić information content (AvgIpc) is 2.53. The lowest BCUT2D eigenvalue weighted by Gasteiger charge is -2.17. The second-order valence-electron chi connectivity index (χ2n) is 5.11. The number of carbonyl (C=O) groups is 1. The van der Waals surface area contributed by atoms with Gasteiger partial charge in [-0.1, -0.05) is 13.8 Å². The van der Waals surface area contributed by atoms with Crippen LogP contribution in [0.4, 0.5) is 0 Å². The molecule has 3 N–H and O–H groups in total. The third-order valence-corrected chi connectivity index (χ3v) is 3.42. The quantitative estimate of drug-likeness (QED) is 0.824. The van der Waals surface area contributed by atoms with Crippen molar-refractivity contribution in [2.24, 2.45) is 11.7 Å². The number of nitrogens with two attached hydrogens (primary N) is 1. The molecule has 0 saturated carbocycles. The van der Waals surface area contributed by atoms with E-state index in [1.165, 1.54) is 0 Å². The smallest absolute Gasteiger partial charge is 0.241 e. The Hall–Kier alpha value is -1.36. The van der Waals surface area contributed by atoms with Crippen molar-refractivity contribution in [3.05, 3.63) is 17.0 Å². The number of nitrogens with zero attached hydrogens (tertiary/aromatic N) is 2. The first-order valence-electron chi connectivity index (χ1n) is 6.39. The highest BCUT2D eigenvalue weighted by Crippen LogP contribution is 2.11.